The van der Waals surface area contributed by atoms with Crippen molar-refractivity contribution >= 4 is 30.0 Å². The highest BCUT2D eigenvalue weighted by Gasteiger charge is 2.31. The fourth-order valence-electron chi connectivity index (χ4n) is 5.46. The summed E-state index contributed by atoms with van der Waals surface area (Å²) in [5.41, 5.74) is 3.65. The molecule has 262 valence electrons. The largest absolute Gasteiger partial charge is 0.480 e. The van der Waals surface area contributed by atoms with E-state index in [0.717, 1.165) is 22.3 Å². The van der Waals surface area contributed by atoms with E-state index in [1.165, 1.54) is 0 Å². The van der Waals surface area contributed by atoms with Crippen LogP contribution in [0, 0.1) is 5.92 Å². The number of carbonyl (C=O) groups excluding carboxylic acids is 4. The van der Waals surface area contributed by atoms with Crippen LogP contribution >= 0.6 is 0 Å². The Morgan fingerprint density at radius 2 is 1.35 bits per heavy atom. The van der Waals surface area contributed by atoms with Crippen molar-refractivity contribution in [3.63, 3.8) is 0 Å². The van der Waals surface area contributed by atoms with Crippen LogP contribution in [0.4, 0.5) is 9.59 Å². The van der Waals surface area contributed by atoms with Gasteiger partial charge in [-0.15, -0.1) is 0 Å². The van der Waals surface area contributed by atoms with E-state index in [1.54, 1.807) is 20.8 Å². The summed E-state index contributed by atoms with van der Waals surface area (Å²) in [6, 6.07) is 12.3. The third-order valence-electron chi connectivity index (χ3n) is 7.68. The summed E-state index contributed by atoms with van der Waals surface area (Å²) in [4.78, 5) is 62.8. The monoisotopic (exact) mass is 668 g/mol. The van der Waals surface area contributed by atoms with E-state index in [1.807, 2.05) is 50.2 Å². The number of aliphatic hydroxyl groups is 1. The molecule has 3 atom stereocenters. The van der Waals surface area contributed by atoms with E-state index in [-0.39, 0.29) is 37.8 Å². The number of benzene rings is 2. The number of carbonyl (C=O) groups is 5. The van der Waals surface area contributed by atoms with Crippen LogP contribution in [-0.4, -0.2) is 83.7 Å². The summed E-state index contributed by atoms with van der Waals surface area (Å²) in [5, 5.41) is 28.8. The van der Waals surface area contributed by atoms with Gasteiger partial charge in [-0.25, -0.2) is 14.4 Å². The predicted molar refractivity (Wildman–Crippen MR) is 178 cm³/mol. The number of ether oxygens (including phenoxy) is 2. The third kappa shape index (κ3) is 11.3. The van der Waals surface area contributed by atoms with Crippen molar-refractivity contribution in [1.29, 1.82) is 0 Å². The van der Waals surface area contributed by atoms with Crippen molar-refractivity contribution in [1.82, 2.24) is 21.3 Å². The van der Waals surface area contributed by atoms with E-state index in [4.69, 9.17) is 9.47 Å². The molecule has 0 saturated carbocycles. The maximum Gasteiger partial charge on any atom is 0.408 e. The summed E-state index contributed by atoms with van der Waals surface area (Å²) < 4.78 is 10.8. The molecule has 1 aliphatic rings. The average Bonchev–Trinajstić information content (AvgIpc) is 3.33. The Labute approximate surface area is 281 Å². The summed E-state index contributed by atoms with van der Waals surface area (Å²) in [6.07, 6.45) is -0.280. The van der Waals surface area contributed by atoms with Gasteiger partial charge in [-0.05, 0) is 74.6 Å². The number of fused-ring (bicyclic) bond motifs is 3. The van der Waals surface area contributed by atoms with E-state index in [2.05, 4.69) is 33.4 Å². The van der Waals surface area contributed by atoms with Gasteiger partial charge in [0.15, 0.2) is 0 Å². The number of nitrogens with one attached hydrogen (secondary N) is 4. The number of rotatable bonds is 16. The van der Waals surface area contributed by atoms with E-state index in [0.29, 0.717) is 12.8 Å². The minimum atomic E-state index is -1.57. The highest BCUT2D eigenvalue weighted by molar-refractivity contribution is 5.93. The lowest BCUT2D eigenvalue weighted by atomic mass is 9.98. The Bertz CT molecular complexity index is 1390. The molecule has 0 unspecified atom stereocenters. The number of amides is 4. The number of hydrogen-bond donors (Lipinski definition) is 6. The van der Waals surface area contributed by atoms with Crippen LogP contribution in [-0.2, 0) is 23.9 Å². The quantitative estimate of drug-likeness (QED) is 0.145. The zero-order chi connectivity index (χ0) is 35.4. The molecule has 13 nitrogen and oxygen atoms in total. The van der Waals surface area contributed by atoms with Crippen LogP contribution in [0.3, 0.4) is 0 Å². The fourth-order valence-corrected chi connectivity index (χ4v) is 5.46. The van der Waals surface area contributed by atoms with E-state index in [9.17, 15) is 34.2 Å². The van der Waals surface area contributed by atoms with Crippen molar-refractivity contribution in [2.45, 2.75) is 89.9 Å². The molecule has 13 heteroatoms. The van der Waals surface area contributed by atoms with Gasteiger partial charge in [0.05, 0.1) is 6.61 Å². The second-order valence-corrected chi connectivity index (χ2v) is 13.2. The van der Waals surface area contributed by atoms with Crippen molar-refractivity contribution in [3.8, 4) is 11.1 Å². The molecular weight excluding hydrogens is 620 g/mol. The zero-order valence-electron chi connectivity index (χ0n) is 28.2. The van der Waals surface area contributed by atoms with Crippen molar-refractivity contribution in [2.75, 3.05) is 19.8 Å². The lowest BCUT2D eigenvalue weighted by molar-refractivity contribution is -0.143. The molecule has 0 aliphatic heterocycles. The highest BCUT2D eigenvalue weighted by Crippen LogP contribution is 2.44. The molecule has 0 aromatic heterocycles. The summed E-state index contributed by atoms with van der Waals surface area (Å²) >= 11 is 0. The van der Waals surface area contributed by atoms with Gasteiger partial charge in [0.25, 0.3) is 0 Å². The van der Waals surface area contributed by atoms with Crippen LogP contribution in [0.2, 0.25) is 0 Å². The van der Waals surface area contributed by atoms with E-state index < -0.39 is 60.3 Å². The Hall–Kier alpha value is -4.65. The first-order chi connectivity index (χ1) is 22.7. The van der Waals surface area contributed by atoms with Gasteiger partial charge in [-0.1, -0.05) is 62.4 Å². The number of unbranched alkanes of at least 4 members (excludes halogenated alkanes) is 1. The average molecular weight is 669 g/mol. The molecule has 0 heterocycles. The zero-order valence-corrected chi connectivity index (χ0v) is 28.2. The van der Waals surface area contributed by atoms with Crippen molar-refractivity contribution in [3.05, 3.63) is 59.7 Å². The molecule has 0 radical (unpaired) electrons. The minimum absolute atomic E-state index is 0.00210. The molecule has 0 spiro atoms. The lowest BCUT2D eigenvalue weighted by Crippen LogP contribution is -2.56. The number of aliphatic hydroxyl groups excluding tert-OH is 1. The first kappa shape index (κ1) is 37.8. The predicted octanol–water partition coefficient (Wildman–Crippen LogP) is 3.68. The number of carboxylic acids is 1. The lowest BCUT2D eigenvalue weighted by Gasteiger charge is -2.26. The van der Waals surface area contributed by atoms with Crippen LogP contribution in [0.15, 0.2) is 48.5 Å². The first-order valence-corrected chi connectivity index (χ1v) is 16.2. The van der Waals surface area contributed by atoms with Gasteiger partial charge < -0.3 is 41.0 Å². The molecule has 1 aliphatic carbocycles. The highest BCUT2D eigenvalue weighted by atomic mass is 16.6. The van der Waals surface area contributed by atoms with E-state index >= 15 is 0 Å². The number of aliphatic carboxylic acids is 1. The van der Waals surface area contributed by atoms with Gasteiger partial charge >= 0.3 is 18.2 Å². The van der Waals surface area contributed by atoms with Crippen LogP contribution < -0.4 is 21.3 Å². The summed E-state index contributed by atoms with van der Waals surface area (Å²) in [5.74, 6) is -2.98. The normalized spacial score (nSPS) is 14.1. The second-order valence-electron chi connectivity index (χ2n) is 13.2. The molecule has 2 aromatic rings. The van der Waals surface area contributed by atoms with Gasteiger partial charge in [-0.3, -0.25) is 9.59 Å². The van der Waals surface area contributed by atoms with Gasteiger partial charge in [0, 0.05) is 12.5 Å². The fraction of sp³-hybridized carbons (Fsp3) is 0.514. The molecule has 3 rings (SSSR count). The van der Waals surface area contributed by atoms with Gasteiger partial charge in [0.1, 0.15) is 30.3 Å². The maximum absolute atomic E-state index is 13.3. The van der Waals surface area contributed by atoms with Crippen LogP contribution in [0.1, 0.15) is 77.3 Å². The number of hydrogen-bond acceptors (Lipinski definition) is 8. The maximum atomic E-state index is 13.3. The van der Waals surface area contributed by atoms with Gasteiger partial charge in [-0.2, -0.15) is 0 Å². The number of carboxylic acid groups (broad SMARTS) is 1. The van der Waals surface area contributed by atoms with Crippen LogP contribution in [0.5, 0.6) is 0 Å². The molecule has 4 amide bonds. The Balaban J connectivity index is 1.56. The molecule has 2 aromatic carbocycles. The SMILES string of the molecule is CC(C)C[C@H](NC(=O)OC(C)(C)C)C(=O)N[C@@H](CCCCNC(=O)OCC1c2ccccc2-c2ccccc21)C(=O)N[C@@H](CO)C(=O)O. The standard InChI is InChI=1S/C35H48N4O9/c1-21(2)18-28(39-34(46)48-35(3,4)5)31(42)37-27(30(41)38-29(19-40)32(43)44)16-10-11-17-36-33(45)47-20-26-24-14-8-6-12-22(24)23-13-7-9-15-25(23)26/h6-9,12-15,21,26-29,40H,10-11,16-20H2,1-5H3,(H,36,45)(H,37,42)(H,38,41)(H,39,46)(H,43,44)/t27-,28-,29-/m0/s1. The smallest absolute Gasteiger partial charge is 0.408 e. The third-order valence-corrected chi connectivity index (χ3v) is 7.68. The Kier molecular flexibility index (Phi) is 13.8. The Morgan fingerprint density at radius 3 is 1.90 bits per heavy atom. The second kappa shape index (κ2) is 17.5. The Morgan fingerprint density at radius 1 is 0.792 bits per heavy atom. The number of alkyl carbamates (subject to hydrolysis) is 2. The summed E-state index contributed by atoms with van der Waals surface area (Å²) in [7, 11) is 0. The first-order valence-electron chi connectivity index (χ1n) is 16.2. The van der Waals surface area contributed by atoms with Crippen molar-refractivity contribution in [2.24, 2.45) is 5.92 Å². The molecule has 6 N–H and O–H groups in total. The molecular formula is C35H48N4O9. The minimum Gasteiger partial charge on any atom is -0.480 e. The summed E-state index contributed by atoms with van der Waals surface area (Å²) in [6.45, 7) is 8.34. The van der Waals surface area contributed by atoms with Crippen LogP contribution in [0.25, 0.3) is 11.1 Å². The molecule has 0 saturated heterocycles. The van der Waals surface area contributed by atoms with Crippen molar-refractivity contribution < 1.29 is 43.7 Å². The molecule has 0 bridgehead atoms. The molecule has 0 fully saturated rings. The topological polar surface area (TPSA) is 192 Å². The van der Waals surface area contributed by atoms with Gasteiger partial charge in [0.2, 0.25) is 11.8 Å². The molecule has 48 heavy (non-hydrogen) atoms.